The summed E-state index contributed by atoms with van der Waals surface area (Å²) in [7, 11) is -2.02. The zero-order valence-electron chi connectivity index (χ0n) is 6.95. The predicted octanol–water partition coefficient (Wildman–Crippen LogP) is 2.65. The summed E-state index contributed by atoms with van der Waals surface area (Å²) in [5.74, 6) is 0. The van der Waals surface area contributed by atoms with Crippen LogP contribution in [0, 0.1) is 3.57 Å². The summed E-state index contributed by atoms with van der Waals surface area (Å²) in [6.07, 6.45) is 3.26. The van der Waals surface area contributed by atoms with Crippen LogP contribution < -0.4 is 0 Å². The summed E-state index contributed by atoms with van der Waals surface area (Å²) in [5, 5.41) is 0. The van der Waals surface area contributed by atoms with Crippen LogP contribution in [-0.4, -0.2) is 16.7 Å². The molecule has 0 fully saturated rings. The van der Waals surface area contributed by atoms with E-state index in [9.17, 15) is 4.21 Å². The Morgan fingerprint density at radius 3 is 2.58 bits per heavy atom. The van der Waals surface area contributed by atoms with E-state index in [0.29, 0.717) is 0 Å². The van der Waals surface area contributed by atoms with Crippen LogP contribution in [-0.2, 0) is 9.73 Å². The van der Waals surface area contributed by atoms with Gasteiger partial charge in [0.05, 0.1) is 5.69 Å². The van der Waals surface area contributed by atoms with Crippen LogP contribution in [0.25, 0.3) is 0 Å². The first kappa shape index (κ1) is 9.98. The minimum absolute atomic E-state index is 0.789. The van der Waals surface area contributed by atoms with Gasteiger partial charge in [0.2, 0.25) is 0 Å². The van der Waals surface area contributed by atoms with Gasteiger partial charge in [0.25, 0.3) is 0 Å². The van der Waals surface area contributed by atoms with Gasteiger partial charge >= 0.3 is 0 Å². The van der Waals surface area contributed by atoms with Gasteiger partial charge in [-0.05, 0) is 40.8 Å². The SMILES string of the molecule is CS(C)(=O)=Nc1cccc(I)c1. The minimum Gasteiger partial charge on any atom is -0.250 e. The van der Waals surface area contributed by atoms with Crippen molar-refractivity contribution >= 4 is 38.0 Å². The zero-order chi connectivity index (χ0) is 9.19. The summed E-state index contributed by atoms with van der Waals surface area (Å²) in [5.41, 5.74) is 0.789. The molecule has 0 spiro atoms. The number of hydrogen-bond acceptors (Lipinski definition) is 2. The molecule has 0 aliphatic heterocycles. The Hall–Kier alpha value is -0.100. The first-order chi connectivity index (χ1) is 5.47. The topological polar surface area (TPSA) is 29.4 Å². The van der Waals surface area contributed by atoms with Gasteiger partial charge in [0.15, 0.2) is 0 Å². The number of nitrogens with zero attached hydrogens (tertiary/aromatic N) is 1. The summed E-state index contributed by atoms with van der Waals surface area (Å²) in [6.45, 7) is 0. The van der Waals surface area contributed by atoms with E-state index in [1.165, 1.54) is 0 Å². The quantitative estimate of drug-likeness (QED) is 0.732. The fraction of sp³-hybridized carbons (Fsp3) is 0.250. The molecule has 4 heteroatoms. The van der Waals surface area contributed by atoms with Crippen LogP contribution in [0.3, 0.4) is 0 Å². The third-order valence-electron chi connectivity index (χ3n) is 1.13. The number of rotatable bonds is 1. The van der Waals surface area contributed by atoms with E-state index < -0.39 is 9.73 Å². The van der Waals surface area contributed by atoms with Gasteiger partial charge in [-0.15, -0.1) is 0 Å². The smallest absolute Gasteiger partial charge is 0.0740 e. The van der Waals surface area contributed by atoms with Crippen molar-refractivity contribution in [3.63, 3.8) is 0 Å². The molecule has 0 heterocycles. The molecule has 2 nitrogen and oxygen atoms in total. The molecule has 66 valence electrons. The first-order valence-corrected chi connectivity index (χ1v) is 6.81. The molecule has 0 saturated carbocycles. The van der Waals surface area contributed by atoms with E-state index in [2.05, 4.69) is 27.0 Å². The van der Waals surface area contributed by atoms with Crippen molar-refractivity contribution < 1.29 is 4.21 Å². The Balaban J connectivity index is 3.15. The minimum atomic E-state index is -2.02. The second-order valence-corrected chi connectivity index (χ2v) is 6.54. The van der Waals surface area contributed by atoms with Gasteiger partial charge in [-0.1, -0.05) is 6.07 Å². The highest BCUT2D eigenvalue weighted by Gasteiger charge is 1.93. The van der Waals surface area contributed by atoms with Gasteiger partial charge in [0, 0.05) is 25.8 Å². The van der Waals surface area contributed by atoms with Crippen LogP contribution >= 0.6 is 22.6 Å². The fourth-order valence-corrected chi connectivity index (χ4v) is 1.93. The second-order valence-electron chi connectivity index (χ2n) is 2.75. The lowest BCUT2D eigenvalue weighted by Crippen LogP contribution is -1.88. The van der Waals surface area contributed by atoms with Crippen molar-refractivity contribution in [2.45, 2.75) is 0 Å². The molecule has 0 N–H and O–H groups in total. The molecule has 0 unspecified atom stereocenters. The second kappa shape index (κ2) is 3.74. The van der Waals surface area contributed by atoms with Crippen LogP contribution in [0.5, 0.6) is 0 Å². The number of benzene rings is 1. The lowest BCUT2D eigenvalue weighted by atomic mass is 10.3. The molecule has 1 aromatic rings. The summed E-state index contributed by atoms with van der Waals surface area (Å²) in [6, 6.07) is 7.65. The van der Waals surface area contributed by atoms with E-state index in [4.69, 9.17) is 0 Å². The third kappa shape index (κ3) is 3.53. The van der Waals surface area contributed by atoms with E-state index in [1.807, 2.05) is 24.3 Å². The van der Waals surface area contributed by atoms with Crippen LogP contribution in [0.4, 0.5) is 5.69 Å². The zero-order valence-corrected chi connectivity index (χ0v) is 9.93. The van der Waals surface area contributed by atoms with E-state index in [0.717, 1.165) is 9.26 Å². The largest absolute Gasteiger partial charge is 0.250 e. The Morgan fingerprint density at radius 2 is 2.08 bits per heavy atom. The average molecular weight is 295 g/mol. The van der Waals surface area contributed by atoms with Gasteiger partial charge in [-0.3, -0.25) is 0 Å². The maximum Gasteiger partial charge on any atom is 0.0740 e. The van der Waals surface area contributed by atoms with Crippen molar-refractivity contribution in [3.05, 3.63) is 27.8 Å². The van der Waals surface area contributed by atoms with Gasteiger partial charge in [-0.2, -0.15) is 4.36 Å². The molecule has 12 heavy (non-hydrogen) atoms. The van der Waals surface area contributed by atoms with Gasteiger partial charge in [-0.25, -0.2) is 4.21 Å². The molecule has 0 aliphatic rings. The lowest BCUT2D eigenvalue weighted by molar-refractivity contribution is 0.684. The molecule has 0 aromatic heterocycles. The molecule has 0 atom stereocenters. The van der Waals surface area contributed by atoms with E-state index in [-0.39, 0.29) is 0 Å². The molecule has 0 radical (unpaired) electrons. The van der Waals surface area contributed by atoms with Crippen molar-refractivity contribution in [2.75, 3.05) is 12.5 Å². The maximum absolute atomic E-state index is 11.3. The predicted molar refractivity (Wildman–Crippen MR) is 61.2 cm³/mol. The highest BCUT2D eigenvalue weighted by molar-refractivity contribution is 14.1. The van der Waals surface area contributed by atoms with E-state index >= 15 is 0 Å². The molecule has 1 aromatic carbocycles. The maximum atomic E-state index is 11.3. The Kier molecular flexibility index (Phi) is 3.11. The van der Waals surface area contributed by atoms with Crippen molar-refractivity contribution in [1.29, 1.82) is 0 Å². The number of halogens is 1. The molecule has 1 rings (SSSR count). The molecule has 0 bridgehead atoms. The third-order valence-corrected chi connectivity index (χ3v) is 2.45. The number of hydrogen-bond donors (Lipinski definition) is 0. The lowest BCUT2D eigenvalue weighted by Gasteiger charge is -1.96. The Morgan fingerprint density at radius 1 is 1.42 bits per heavy atom. The molecular weight excluding hydrogens is 285 g/mol. The van der Waals surface area contributed by atoms with Crippen molar-refractivity contribution in [1.82, 2.24) is 0 Å². The summed E-state index contributed by atoms with van der Waals surface area (Å²) in [4.78, 5) is 0. The van der Waals surface area contributed by atoms with E-state index in [1.54, 1.807) is 12.5 Å². The standard InChI is InChI=1S/C8H10INOS/c1-12(2,11)10-8-5-3-4-7(9)6-8/h3-6H,1-2H3. The van der Waals surface area contributed by atoms with Crippen LogP contribution in [0.1, 0.15) is 0 Å². The van der Waals surface area contributed by atoms with Crippen LogP contribution in [0.15, 0.2) is 28.6 Å². The fourth-order valence-electron chi connectivity index (χ4n) is 0.787. The van der Waals surface area contributed by atoms with Crippen molar-refractivity contribution in [2.24, 2.45) is 4.36 Å². The average Bonchev–Trinajstić information content (AvgIpc) is 1.82. The van der Waals surface area contributed by atoms with Crippen LogP contribution in [0.2, 0.25) is 0 Å². The monoisotopic (exact) mass is 295 g/mol. The highest BCUT2D eigenvalue weighted by atomic mass is 127. The molecule has 0 aliphatic carbocycles. The summed E-state index contributed by atoms with van der Waals surface area (Å²) < 4.78 is 16.5. The Labute approximate surface area is 86.7 Å². The molecular formula is C8H10INOS. The molecule has 0 saturated heterocycles. The normalized spacial score (nSPS) is 11.2. The first-order valence-electron chi connectivity index (χ1n) is 3.40. The summed E-state index contributed by atoms with van der Waals surface area (Å²) >= 11 is 2.20. The highest BCUT2D eigenvalue weighted by Crippen LogP contribution is 2.16. The van der Waals surface area contributed by atoms with Crippen molar-refractivity contribution in [3.8, 4) is 0 Å². The molecule has 0 amide bonds. The van der Waals surface area contributed by atoms with Gasteiger partial charge in [0.1, 0.15) is 0 Å². The Bertz CT molecular complexity index is 386. The van der Waals surface area contributed by atoms with Gasteiger partial charge < -0.3 is 0 Å².